The third kappa shape index (κ3) is 3.41. The van der Waals surface area contributed by atoms with Crippen LogP contribution < -0.4 is 16.4 Å². The van der Waals surface area contributed by atoms with Crippen molar-refractivity contribution in [3.05, 3.63) is 29.3 Å². The zero-order chi connectivity index (χ0) is 14.8. The second kappa shape index (κ2) is 5.70. The lowest BCUT2D eigenvalue weighted by atomic mass is 10.0. The molecule has 0 saturated carbocycles. The zero-order valence-corrected chi connectivity index (χ0v) is 10.8. The van der Waals surface area contributed by atoms with Crippen LogP contribution in [0.4, 0.5) is 18.9 Å². The number of hydrogen-bond acceptors (Lipinski definition) is 3. The molecule has 20 heavy (non-hydrogen) atoms. The molecule has 4 nitrogen and oxygen atoms in total. The van der Waals surface area contributed by atoms with Gasteiger partial charge in [-0.25, -0.2) is 0 Å². The number of carbonyl (C=O) groups is 1. The molecular formula is C13H16F3N3O. The summed E-state index contributed by atoms with van der Waals surface area (Å²) in [6.07, 6.45) is -3.01. The van der Waals surface area contributed by atoms with Crippen molar-refractivity contribution < 1.29 is 18.0 Å². The minimum absolute atomic E-state index is 0.00298. The van der Waals surface area contributed by atoms with Gasteiger partial charge in [0.2, 0.25) is 5.91 Å². The van der Waals surface area contributed by atoms with Crippen LogP contribution in [0, 0.1) is 0 Å². The average Bonchev–Trinajstić information content (AvgIpc) is 2.39. The molecule has 4 N–H and O–H groups in total. The van der Waals surface area contributed by atoms with E-state index in [1.807, 2.05) is 0 Å². The highest BCUT2D eigenvalue weighted by Crippen LogP contribution is 2.36. The van der Waals surface area contributed by atoms with Gasteiger partial charge in [0.25, 0.3) is 0 Å². The SMILES string of the molecule is NC(=O)c1ccc(NC2CCNCC2)c(C(F)(F)F)c1. The number of carbonyl (C=O) groups excluding carboxylic acids is 1. The van der Waals surface area contributed by atoms with Crippen LogP contribution in [0.15, 0.2) is 18.2 Å². The van der Waals surface area contributed by atoms with Crippen molar-refractivity contribution in [2.75, 3.05) is 18.4 Å². The summed E-state index contributed by atoms with van der Waals surface area (Å²) in [4.78, 5) is 11.0. The maximum Gasteiger partial charge on any atom is 0.418 e. The summed E-state index contributed by atoms with van der Waals surface area (Å²) in [7, 11) is 0. The van der Waals surface area contributed by atoms with E-state index in [2.05, 4.69) is 10.6 Å². The molecule has 1 aliphatic rings. The first-order valence-electron chi connectivity index (χ1n) is 6.36. The molecule has 0 radical (unpaired) electrons. The number of piperidine rings is 1. The van der Waals surface area contributed by atoms with Crippen molar-refractivity contribution in [3.63, 3.8) is 0 Å². The normalized spacial score (nSPS) is 16.9. The molecule has 1 fully saturated rings. The molecule has 0 bridgehead atoms. The number of nitrogens with two attached hydrogens (primary N) is 1. The minimum Gasteiger partial charge on any atom is -0.382 e. The number of hydrogen-bond donors (Lipinski definition) is 3. The molecule has 110 valence electrons. The number of amides is 1. The second-order valence-corrected chi connectivity index (χ2v) is 4.79. The molecule has 0 aromatic heterocycles. The Morgan fingerprint density at radius 1 is 1.30 bits per heavy atom. The Balaban J connectivity index is 2.28. The quantitative estimate of drug-likeness (QED) is 0.796. The molecule has 1 heterocycles. The van der Waals surface area contributed by atoms with Crippen molar-refractivity contribution in [2.45, 2.75) is 25.1 Å². The van der Waals surface area contributed by atoms with Crippen molar-refractivity contribution in [3.8, 4) is 0 Å². The van der Waals surface area contributed by atoms with Crippen LogP contribution in [0.2, 0.25) is 0 Å². The third-order valence-corrected chi connectivity index (χ3v) is 3.31. The van der Waals surface area contributed by atoms with Crippen LogP contribution in [-0.4, -0.2) is 25.0 Å². The van der Waals surface area contributed by atoms with E-state index in [4.69, 9.17) is 5.73 Å². The molecule has 0 atom stereocenters. The third-order valence-electron chi connectivity index (χ3n) is 3.31. The van der Waals surface area contributed by atoms with Crippen LogP contribution in [0.3, 0.4) is 0 Å². The molecule has 0 unspecified atom stereocenters. The lowest BCUT2D eigenvalue weighted by Gasteiger charge is -2.26. The Morgan fingerprint density at radius 3 is 2.50 bits per heavy atom. The molecular weight excluding hydrogens is 271 g/mol. The van der Waals surface area contributed by atoms with Crippen LogP contribution >= 0.6 is 0 Å². The van der Waals surface area contributed by atoms with Gasteiger partial charge in [-0.05, 0) is 44.1 Å². The van der Waals surface area contributed by atoms with E-state index in [0.717, 1.165) is 32.0 Å². The summed E-state index contributed by atoms with van der Waals surface area (Å²) in [5.74, 6) is -0.871. The van der Waals surface area contributed by atoms with Gasteiger partial charge in [-0.3, -0.25) is 4.79 Å². The Kier molecular flexibility index (Phi) is 4.17. The van der Waals surface area contributed by atoms with E-state index < -0.39 is 17.6 Å². The molecule has 1 saturated heterocycles. The molecule has 0 spiro atoms. The number of anilines is 1. The van der Waals surface area contributed by atoms with Crippen LogP contribution in [0.25, 0.3) is 0 Å². The maximum atomic E-state index is 13.0. The molecule has 2 rings (SSSR count). The molecule has 1 aliphatic heterocycles. The average molecular weight is 287 g/mol. The van der Waals surface area contributed by atoms with E-state index in [0.29, 0.717) is 0 Å². The van der Waals surface area contributed by atoms with Crippen LogP contribution in [0.5, 0.6) is 0 Å². The molecule has 1 aromatic rings. The smallest absolute Gasteiger partial charge is 0.382 e. The fourth-order valence-electron chi connectivity index (χ4n) is 2.24. The molecule has 0 aliphatic carbocycles. The maximum absolute atomic E-state index is 13.0. The molecule has 1 amide bonds. The van der Waals surface area contributed by atoms with Crippen molar-refractivity contribution in [1.82, 2.24) is 5.32 Å². The van der Waals surface area contributed by atoms with E-state index in [1.54, 1.807) is 0 Å². The number of benzene rings is 1. The number of halogens is 3. The van der Waals surface area contributed by atoms with E-state index in [1.165, 1.54) is 12.1 Å². The minimum atomic E-state index is -4.53. The zero-order valence-electron chi connectivity index (χ0n) is 10.8. The second-order valence-electron chi connectivity index (χ2n) is 4.79. The van der Waals surface area contributed by atoms with Gasteiger partial charge in [0.1, 0.15) is 0 Å². The monoisotopic (exact) mass is 287 g/mol. The van der Waals surface area contributed by atoms with Gasteiger partial charge in [0.15, 0.2) is 0 Å². The van der Waals surface area contributed by atoms with Crippen molar-refractivity contribution >= 4 is 11.6 Å². The van der Waals surface area contributed by atoms with Gasteiger partial charge in [-0.2, -0.15) is 13.2 Å². The number of nitrogens with one attached hydrogen (secondary N) is 2. The fourth-order valence-corrected chi connectivity index (χ4v) is 2.24. The fraction of sp³-hybridized carbons (Fsp3) is 0.462. The van der Waals surface area contributed by atoms with Gasteiger partial charge in [-0.15, -0.1) is 0 Å². The van der Waals surface area contributed by atoms with E-state index in [9.17, 15) is 18.0 Å². The van der Waals surface area contributed by atoms with Crippen LogP contribution in [0.1, 0.15) is 28.8 Å². The summed E-state index contributed by atoms with van der Waals surface area (Å²) in [6.45, 7) is 1.55. The Morgan fingerprint density at radius 2 is 1.95 bits per heavy atom. The highest BCUT2D eigenvalue weighted by Gasteiger charge is 2.34. The predicted octanol–water partition coefficient (Wildman–Crippen LogP) is 1.97. The Bertz CT molecular complexity index is 496. The van der Waals surface area contributed by atoms with Crippen LogP contribution in [-0.2, 0) is 6.18 Å². The van der Waals surface area contributed by atoms with Gasteiger partial charge in [0, 0.05) is 17.3 Å². The first-order valence-corrected chi connectivity index (χ1v) is 6.36. The Hall–Kier alpha value is -1.76. The summed E-state index contributed by atoms with van der Waals surface area (Å²) < 4.78 is 39.1. The summed E-state index contributed by atoms with van der Waals surface area (Å²) in [5, 5.41) is 6.06. The van der Waals surface area contributed by atoms with Gasteiger partial charge >= 0.3 is 6.18 Å². The highest BCUT2D eigenvalue weighted by atomic mass is 19.4. The largest absolute Gasteiger partial charge is 0.418 e. The van der Waals surface area contributed by atoms with Crippen molar-refractivity contribution in [2.24, 2.45) is 5.73 Å². The Labute approximate surface area is 114 Å². The topological polar surface area (TPSA) is 67.2 Å². The van der Waals surface area contributed by atoms with Gasteiger partial charge < -0.3 is 16.4 Å². The molecule has 1 aromatic carbocycles. The lowest BCUT2D eigenvalue weighted by molar-refractivity contribution is -0.137. The number of alkyl halides is 3. The van der Waals surface area contributed by atoms with Gasteiger partial charge in [-0.1, -0.05) is 0 Å². The lowest BCUT2D eigenvalue weighted by Crippen LogP contribution is -2.35. The molecule has 7 heteroatoms. The predicted molar refractivity (Wildman–Crippen MR) is 69.5 cm³/mol. The summed E-state index contributed by atoms with van der Waals surface area (Å²) in [5.41, 5.74) is 4.02. The first-order chi connectivity index (χ1) is 9.38. The van der Waals surface area contributed by atoms with E-state index in [-0.39, 0.29) is 17.3 Å². The summed E-state index contributed by atoms with van der Waals surface area (Å²) in [6, 6.07) is 3.37. The standard InChI is InChI=1S/C13H16F3N3O/c14-13(15,16)10-7-8(12(17)20)1-2-11(10)19-9-3-5-18-6-4-9/h1-2,7,9,18-19H,3-6H2,(H2,17,20). The number of rotatable bonds is 3. The summed E-state index contributed by atoms with van der Waals surface area (Å²) >= 11 is 0. The van der Waals surface area contributed by atoms with Gasteiger partial charge in [0.05, 0.1) is 5.56 Å². The van der Waals surface area contributed by atoms with Crippen molar-refractivity contribution in [1.29, 1.82) is 0 Å². The first kappa shape index (κ1) is 14.6. The van der Waals surface area contributed by atoms with E-state index >= 15 is 0 Å². The highest BCUT2D eigenvalue weighted by molar-refractivity contribution is 5.93. The number of primary amides is 1.